The Morgan fingerprint density at radius 2 is 2.44 bits per heavy atom. The number of fused-ring (bicyclic) bond motifs is 1. The highest BCUT2D eigenvalue weighted by molar-refractivity contribution is 5.46. The Labute approximate surface area is 93.4 Å². The molecular formula is C10H16N4O2. The fourth-order valence-corrected chi connectivity index (χ4v) is 1.79. The van der Waals surface area contributed by atoms with Crippen LogP contribution in [0.25, 0.3) is 0 Å². The maximum absolute atomic E-state index is 11.3. The van der Waals surface area contributed by atoms with Crippen molar-refractivity contribution < 1.29 is 4.74 Å². The molecule has 88 valence electrons. The van der Waals surface area contributed by atoms with Crippen molar-refractivity contribution in [1.82, 2.24) is 15.3 Å². The zero-order valence-electron chi connectivity index (χ0n) is 9.30. The molecule has 3 N–H and O–H groups in total. The molecule has 0 radical (unpaired) electrons. The lowest BCUT2D eigenvalue weighted by molar-refractivity contribution is 0.210. The first kappa shape index (κ1) is 11.1. The topological polar surface area (TPSA) is 79.0 Å². The third-order valence-electron chi connectivity index (χ3n) is 2.57. The largest absolute Gasteiger partial charge is 0.383 e. The molecule has 0 amide bonds. The van der Waals surface area contributed by atoms with Gasteiger partial charge >= 0.3 is 5.69 Å². The van der Waals surface area contributed by atoms with E-state index in [-0.39, 0.29) is 5.69 Å². The number of ether oxygens (including phenoxy) is 1. The van der Waals surface area contributed by atoms with Gasteiger partial charge < -0.3 is 20.4 Å². The van der Waals surface area contributed by atoms with Gasteiger partial charge in [0.05, 0.1) is 6.61 Å². The van der Waals surface area contributed by atoms with Crippen LogP contribution in [0.1, 0.15) is 11.3 Å². The Hall–Kier alpha value is -1.40. The first-order valence-electron chi connectivity index (χ1n) is 5.37. The summed E-state index contributed by atoms with van der Waals surface area (Å²) in [5.41, 5.74) is 1.75. The van der Waals surface area contributed by atoms with Crippen molar-refractivity contribution in [1.29, 1.82) is 0 Å². The summed E-state index contributed by atoms with van der Waals surface area (Å²) in [7, 11) is 1.64. The molecule has 1 aromatic heterocycles. The van der Waals surface area contributed by atoms with Gasteiger partial charge in [0.1, 0.15) is 5.82 Å². The molecule has 16 heavy (non-hydrogen) atoms. The van der Waals surface area contributed by atoms with Gasteiger partial charge in [0.15, 0.2) is 0 Å². The molecule has 2 heterocycles. The predicted molar refractivity (Wildman–Crippen MR) is 60.6 cm³/mol. The first-order valence-corrected chi connectivity index (χ1v) is 5.37. The zero-order valence-corrected chi connectivity index (χ0v) is 9.30. The summed E-state index contributed by atoms with van der Waals surface area (Å²) in [6.07, 6.45) is 0.839. The lowest BCUT2D eigenvalue weighted by Crippen LogP contribution is -2.30. The minimum atomic E-state index is -0.291. The number of anilines is 1. The lowest BCUT2D eigenvalue weighted by Gasteiger charge is -2.19. The van der Waals surface area contributed by atoms with Crippen LogP contribution in [0.15, 0.2) is 4.79 Å². The minimum absolute atomic E-state index is 0.291. The molecule has 0 atom stereocenters. The van der Waals surface area contributed by atoms with Crippen molar-refractivity contribution in [2.45, 2.75) is 13.0 Å². The molecule has 6 heteroatoms. The van der Waals surface area contributed by atoms with Crippen LogP contribution in [0.5, 0.6) is 0 Å². The molecule has 0 bridgehead atoms. The highest BCUT2D eigenvalue weighted by atomic mass is 16.5. The predicted octanol–water partition coefficient (Wildman–Crippen LogP) is -0.526. The fraction of sp³-hybridized carbons (Fsp3) is 0.600. The molecule has 0 spiro atoms. The van der Waals surface area contributed by atoms with Gasteiger partial charge in [-0.1, -0.05) is 0 Å². The van der Waals surface area contributed by atoms with E-state index in [1.165, 1.54) is 0 Å². The van der Waals surface area contributed by atoms with E-state index in [9.17, 15) is 4.79 Å². The number of methoxy groups -OCH3 is 1. The van der Waals surface area contributed by atoms with Crippen LogP contribution in [-0.2, 0) is 17.7 Å². The molecule has 6 nitrogen and oxygen atoms in total. The second kappa shape index (κ2) is 5.09. The SMILES string of the molecule is COCCNc1nc(=O)[nH]c2c1CNCC2. The smallest absolute Gasteiger partial charge is 0.347 e. The van der Waals surface area contributed by atoms with Crippen molar-refractivity contribution in [2.75, 3.05) is 32.1 Å². The number of nitrogens with zero attached hydrogens (tertiary/aromatic N) is 1. The second-order valence-corrected chi connectivity index (χ2v) is 3.69. The van der Waals surface area contributed by atoms with Crippen LogP contribution in [0.4, 0.5) is 5.82 Å². The van der Waals surface area contributed by atoms with Gasteiger partial charge in [0.2, 0.25) is 0 Å². The van der Waals surface area contributed by atoms with E-state index in [1.54, 1.807) is 7.11 Å². The number of hydrogen-bond donors (Lipinski definition) is 3. The van der Waals surface area contributed by atoms with Crippen LogP contribution >= 0.6 is 0 Å². The number of aromatic amines is 1. The average Bonchev–Trinajstić information content (AvgIpc) is 2.29. The van der Waals surface area contributed by atoms with Crippen LogP contribution in [0.2, 0.25) is 0 Å². The first-order chi connectivity index (χ1) is 7.81. The van der Waals surface area contributed by atoms with E-state index in [4.69, 9.17) is 4.74 Å². The Balaban J connectivity index is 2.21. The van der Waals surface area contributed by atoms with Crippen molar-refractivity contribution in [3.63, 3.8) is 0 Å². The van der Waals surface area contributed by atoms with Gasteiger partial charge in [0, 0.05) is 44.4 Å². The van der Waals surface area contributed by atoms with Gasteiger partial charge in [-0.05, 0) is 0 Å². The molecule has 1 aliphatic heterocycles. The van der Waals surface area contributed by atoms with Crippen LogP contribution < -0.4 is 16.3 Å². The van der Waals surface area contributed by atoms with E-state index in [0.717, 1.165) is 30.8 Å². The number of rotatable bonds is 4. The molecule has 0 aromatic carbocycles. The van der Waals surface area contributed by atoms with Gasteiger partial charge in [-0.15, -0.1) is 0 Å². The Morgan fingerprint density at radius 3 is 3.25 bits per heavy atom. The molecule has 0 saturated carbocycles. The standard InChI is InChI=1S/C10H16N4O2/c1-16-5-4-12-9-7-6-11-3-2-8(7)13-10(15)14-9/h11H,2-6H2,1H3,(H2,12,13,14,15). The summed E-state index contributed by atoms with van der Waals surface area (Å²) in [5.74, 6) is 0.669. The normalized spacial score (nSPS) is 14.6. The lowest BCUT2D eigenvalue weighted by atomic mass is 10.1. The van der Waals surface area contributed by atoms with Crippen molar-refractivity contribution in [3.05, 3.63) is 21.7 Å². The quantitative estimate of drug-likeness (QED) is 0.599. The summed E-state index contributed by atoms with van der Waals surface area (Å²) >= 11 is 0. The van der Waals surface area contributed by atoms with Gasteiger partial charge in [0.25, 0.3) is 0 Å². The van der Waals surface area contributed by atoms with E-state index >= 15 is 0 Å². The molecule has 1 aromatic rings. The summed E-state index contributed by atoms with van der Waals surface area (Å²) in [5, 5.41) is 6.38. The van der Waals surface area contributed by atoms with E-state index in [0.29, 0.717) is 19.0 Å². The van der Waals surface area contributed by atoms with Gasteiger partial charge in [-0.25, -0.2) is 4.79 Å². The molecule has 0 aliphatic carbocycles. The van der Waals surface area contributed by atoms with Crippen LogP contribution in [0, 0.1) is 0 Å². The van der Waals surface area contributed by atoms with Crippen molar-refractivity contribution in [2.24, 2.45) is 0 Å². The summed E-state index contributed by atoms with van der Waals surface area (Å²) in [6, 6.07) is 0. The molecule has 1 aliphatic rings. The Morgan fingerprint density at radius 1 is 1.56 bits per heavy atom. The van der Waals surface area contributed by atoms with Gasteiger partial charge in [-0.2, -0.15) is 4.98 Å². The second-order valence-electron chi connectivity index (χ2n) is 3.69. The molecule has 0 fully saturated rings. The summed E-state index contributed by atoms with van der Waals surface area (Å²) < 4.78 is 4.95. The summed E-state index contributed by atoms with van der Waals surface area (Å²) in [6.45, 7) is 2.88. The Kier molecular flexibility index (Phi) is 3.53. The minimum Gasteiger partial charge on any atom is -0.383 e. The third-order valence-corrected chi connectivity index (χ3v) is 2.57. The number of aromatic nitrogens is 2. The number of hydrogen-bond acceptors (Lipinski definition) is 5. The molecular weight excluding hydrogens is 208 g/mol. The highest BCUT2D eigenvalue weighted by Gasteiger charge is 2.15. The maximum atomic E-state index is 11.3. The zero-order chi connectivity index (χ0) is 11.4. The molecule has 2 rings (SSSR count). The van der Waals surface area contributed by atoms with E-state index < -0.39 is 0 Å². The monoisotopic (exact) mass is 224 g/mol. The van der Waals surface area contributed by atoms with Crippen molar-refractivity contribution in [3.8, 4) is 0 Å². The highest BCUT2D eigenvalue weighted by Crippen LogP contribution is 2.16. The maximum Gasteiger partial charge on any atom is 0.347 e. The third kappa shape index (κ3) is 2.40. The number of H-pyrrole nitrogens is 1. The van der Waals surface area contributed by atoms with E-state index in [2.05, 4.69) is 20.6 Å². The van der Waals surface area contributed by atoms with Crippen LogP contribution in [-0.4, -0.2) is 36.8 Å². The number of nitrogens with one attached hydrogen (secondary N) is 3. The fourth-order valence-electron chi connectivity index (χ4n) is 1.79. The molecule has 0 saturated heterocycles. The van der Waals surface area contributed by atoms with Gasteiger partial charge in [-0.3, -0.25) is 0 Å². The van der Waals surface area contributed by atoms with Crippen molar-refractivity contribution >= 4 is 5.82 Å². The summed E-state index contributed by atoms with van der Waals surface area (Å²) in [4.78, 5) is 18.1. The average molecular weight is 224 g/mol. The van der Waals surface area contributed by atoms with Crippen LogP contribution in [0.3, 0.4) is 0 Å². The van der Waals surface area contributed by atoms with E-state index in [1.807, 2.05) is 0 Å². The molecule has 0 unspecified atom stereocenters. The Bertz CT molecular complexity index is 416.